The van der Waals surface area contributed by atoms with E-state index in [1.165, 1.54) is 23.9 Å². The zero-order chi connectivity index (χ0) is 16.8. The Labute approximate surface area is 134 Å². The summed E-state index contributed by atoms with van der Waals surface area (Å²) < 4.78 is 23.2. The van der Waals surface area contributed by atoms with Crippen molar-refractivity contribution in [2.75, 3.05) is 24.3 Å². The highest BCUT2D eigenvalue weighted by molar-refractivity contribution is 7.99. The van der Waals surface area contributed by atoms with Gasteiger partial charge in [0.25, 0.3) is 5.91 Å². The summed E-state index contributed by atoms with van der Waals surface area (Å²) >= 11 is 1.21. The lowest BCUT2D eigenvalue weighted by Gasteiger charge is -2.10. The first kappa shape index (κ1) is 18.5. The Balaban J connectivity index is 2.77. The summed E-state index contributed by atoms with van der Waals surface area (Å²) in [6.07, 6.45) is 1.71. The number of hydrogen-bond acceptors (Lipinski definition) is 5. The predicted octanol–water partition coefficient (Wildman–Crippen LogP) is 1.20. The summed E-state index contributed by atoms with van der Waals surface area (Å²) in [6, 6.07) is 4.52. The summed E-state index contributed by atoms with van der Waals surface area (Å²) in [5.74, 6) is -0.783. The van der Waals surface area contributed by atoms with Crippen molar-refractivity contribution >= 4 is 33.5 Å². The van der Waals surface area contributed by atoms with Gasteiger partial charge in [0.1, 0.15) is 0 Å². The largest absolute Gasteiger partial charge is 0.481 e. The minimum Gasteiger partial charge on any atom is -0.481 e. The second kappa shape index (κ2) is 8.19. The average Bonchev–Trinajstić information content (AvgIpc) is 2.44. The molecule has 0 unspecified atom stereocenters. The molecule has 0 fully saturated rings. The molecule has 0 atom stereocenters. The smallest absolute Gasteiger partial charge is 0.313 e. The Kier molecular flexibility index (Phi) is 6.89. The Morgan fingerprint density at radius 3 is 2.55 bits per heavy atom. The molecule has 0 heterocycles. The molecule has 0 saturated carbocycles. The van der Waals surface area contributed by atoms with Gasteiger partial charge in [-0.3, -0.25) is 9.59 Å². The van der Waals surface area contributed by atoms with Gasteiger partial charge in [0.2, 0.25) is 0 Å². The lowest BCUT2D eigenvalue weighted by molar-refractivity contribution is -0.133. The van der Waals surface area contributed by atoms with Crippen molar-refractivity contribution in [1.82, 2.24) is 5.32 Å². The minimum absolute atomic E-state index is 0.0142. The molecule has 1 amide bonds. The van der Waals surface area contributed by atoms with Crippen molar-refractivity contribution in [3.05, 3.63) is 29.3 Å². The van der Waals surface area contributed by atoms with Crippen molar-refractivity contribution in [3.8, 4) is 0 Å². The summed E-state index contributed by atoms with van der Waals surface area (Å²) in [7, 11) is -3.37. The number of thioether (sulfide) groups is 1. The number of benzene rings is 1. The number of aryl methyl sites for hydroxylation is 1. The van der Waals surface area contributed by atoms with E-state index in [4.69, 9.17) is 5.11 Å². The minimum atomic E-state index is -3.37. The van der Waals surface area contributed by atoms with Crippen LogP contribution in [0, 0.1) is 0 Å². The number of carboxylic acids is 1. The molecule has 122 valence electrons. The van der Waals surface area contributed by atoms with Gasteiger partial charge in [-0.25, -0.2) is 8.42 Å². The number of sulfone groups is 1. The monoisotopic (exact) mass is 345 g/mol. The first-order chi connectivity index (χ1) is 10.3. The molecule has 0 radical (unpaired) electrons. The van der Waals surface area contributed by atoms with E-state index in [2.05, 4.69) is 5.32 Å². The molecule has 0 spiro atoms. The first-order valence-corrected chi connectivity index (χ1v) is 9.71. The highest BCUT2D eigenvalue weighted by Crippen LogP contribution is 2.17. The molecule has 0 aliphatic rings. The number of aliphatic carboxylic acids is 1. The molecule has 0 saturated heterocycles. The third-order valence-corrected chi connectivity index (χ3v) is 4.95. The van der Waals surface area contributed by atoms with Gasteiger partial charge in [0, 0.05) is 24.1 Å². The maximum Gasteiger partial charge on any atom is 0.313 e. The van der Waals surface area contributed by atoms with Crippen molar-refractivity contribution in [1.29, 1.82) is 0 Å². The number of rotatable bonds is 8. The van der Waals surface area contributed by atoms with Crippen molar-refractivity contribution in [2.24, 2.45) is 0 Å². The molecule has 0 aliphatic heterocycles. The predicted molar refractivity (Wildman–Crippen MR) is 86.2 cm³/mol. The summed E-state index contributed by atoms with van der Waals surface area (Å²) in [6.45, 7) is 2.21. The summed E-state index contributed by atoms with van der Waals surface area (Å²) in [5, 5.41) is 11.2. The Bertz CT molecular complexity index is 655. The van der Waals surface area contributed by atoms with E-state index in [0.29, 0.717) is 24.3 Å². The van der Waals surface area contributed by atoms with E-state index >= 15 is 0 Å². The first-order valence-electron chi connectivity index (χ1n) is 6.66. The number of amides is 1. The summed E-state index contributed by atoms with van der Waals surface area (Å²) in [5.41, 5.74) is 1.11. The van der Waals surface area contributed by atoms with E-state index < -0.39 is 15.8 Å². The van der Waals surface area contributed by atoms with Crippen LogP contribution in [0.1, 0.15) is 22.8 Å². The van der Waals surface area contributed by atoms with Crippen molar-refractivity contribution in [2.45, 2.75) is 18.2 Å². The van der Waals surface area contributed by atoms with Gasteiger partial charge in [0.05, 0.1) is 10.6 Å². The molecule has 8 heteroatoms. The molecule has 0 aliphatic carbocycles. The lowest BCUT2D eigenvalue weighted by atomic mass is 10.0. The van der Waals surface area contributed by atoms with Gasteiger partial charge < -0.3 is 10.4 Å². The van der Waals surface area contributed by atoms with Crippen molar-refractivity contribution < 1.29 is 23.1 Å². The quantitative estimate of drug-likeness (QED) is 0.687. The van der Waals surface area contributed by atoms with Crippen LogP contribution in [0.25, 0.3) is 0 Å². The number of hydrogen-bond donors (Lipinski definition) is 2. The molecule has 6 nitrogen and oxygen atoms in total. The van der Waals surface area contributed by atoms with Crippen LogP contribution in [0.5, 0.6) is 0 Å². The number of carbonyl (C=O) groups excluding carboxylic acids is 1. The number of nitrogens with one attached hydrogen (secondary N) is 1. The van der Waals surface area contributed by atoms with Crippen LogP contribution < -0.4 is 5.32 Å². The highest BCUT2D eigenvalue weighted by atomic mass is 32.2. The zero-order valence-corrected chi connectivity index (χ0v) is 14.1. The molecular formula is C14H19NO5S2. The molecule has 1 aromatic carbocycles. The van der Waals surface area contributed by atoms with Crippen LogP contribution in [0.2, 0.25) is 0 Å². The van der Waals surface area contributed by atoms with Crippen LogP contribution in [0.15, 0.2) is 23.1 Å². The van der Waals surface area contributed by atoms with Crippen molar-refractivity contribution in [3.63, 3.8) is 0 Å². The van der Waals surface area contributed by atoms with Gasteiger partial charge >= 0.3 is 5.97 Å². The van der Waals surface area contributed by atoms with E-state index in [9.17, 15) is 18.0 Å². The normalized spacial score (nSPS) is 11.2. The van der Waals surface area contributed by atoms with Gasteiger partial charge in [0.15, 0.2) is 9.84 Å². The second-order valence-electron chi connectivity index (χ2n) is 4.65. The van der Waals surface area contributed by atoms with Crippen LogP contribution >= 0.6 is 11.8 Å². The molecule has 1 aromatic rings. The Morgan fingerprint density at radius 2 is 2.00 bits per heavy atom. The van der Waals surface area contributed by atoms with Gasteiger partial charge in [-0.05, 0) is 24.1 Å². The van der Waals surface area contributed by atoms with E-state index in [1.807, 2.05) is 6.92 Å². The fraction of sp³-hybridized carbons (Fsp3) is 0.429. The number of carboxylic acid groups (broad SMARTS) is 1. The molecule has 22 heavy (non-hydrogen) atoms. The van der Waals surface area contributed by atoms with E-state index in [1.54, 1.807) is 6.07 Å². The maximum absolute atomic E-state index is 12.2. The van der Waals surface area contributed by atoms with Gasteiger partial charge in [-0.2, -0.15) is 0 Å². The van der Waals surface area contributed by atoms with E-state index in [-0.39, 0.29) is 16.6 Å². The van der Waals surface area contributed by atoms with Crippen LogP contribution in [-0.2, 0) is 21.1 Å². The standard InChI is InChI=1S/C14H19NO5S2/c1-3-10-4-5-11(22(2,19)20)8-12(10)14(18)15-6-7-21-9-13(16)17/h4-5,8H,3,6-7,9H2,1-2H3,(H,15,18)(H,16,17). The maximum atomic E-state index is 12.2. The molecular weight excluding hydrogens is 326 g/mol. The topological polar surface area (TPSA) is 101 Å². The molecule has 1 rings (SSSR count). The lowest BCUT2D eigenvalue weighted by Crippen LogP contribution is -2.27. The van der Waals surface area contributed by atoms with Gasteiger partial charge in [-0.1, -0.05) is 13.0 Å². The molecule has 0 bridgehead atoms. The third kappa shape index (κ3) is 5.69. The van der Waals surface area contributed by atoms with Gasteiger partial charge in [-0.15, -0.1) is 11.8 Å². The highest BCUT2D eigenvalue weighted by Gasteiger charge is 2.15. The average molecular weight is 345 g/mol. The Hall–Kier alpha value is -1.54. The summed E-state index contributed by atoms with van der Waals surface area (Å²) in [4.78, 5) is 22.6. The van der Waals surface area contributed by atoms with E-state index in [0.717, 1.165) is 11.8 Å². The Morgan fingerprint density at radius 1 is 1.32 bits per heavy atom. The number of carbonyl (C=O) groups is 2. The van der Waals surface area contributed by atoms with Crippen LogP contribution in [-0.4, -0.2) is 49.7 Å². The fourth-order valence-corrected chi connectivity index (χ4v) is 3.01. The van der Waals surface area contributed by atoms with Crippen LogP contribution in [0.4, 0.5) is 0 Å². The fourth-order valence-electron chi connectivity index (χ4n) is 1.80. The molecule has 2 N–H and O–H groups in total. The van der Waals surface area contributed by atoms with Crippen LogP contribution in [0.3, 0.4) is 0 Å². The molecule has 0 aromatic heterocycles. The zero-order valence-electron chi connectivity index (χ0n) is 12.5. The third-order valence-electron chi connectivity index (χ3n) is 2.89. The SMILES string of the molecule is CCc1ccc(S(C)(=O)=O)cc1C(=O)NCCSCC(=O)O. The second-order valence-corrected chi connectivity index (χ2v) is 7.77.